The van der Waals surface area contributed by atoms with Gasteiger partial charge in [-0.05, 0) is 40.3 Å². The number of nitrogens with zero attached hydrogens (tertiary/aromatic N) is 1. The minimum absolute atomic E-state index is 0.804. The van der Waals surface area contributed by atoms with Crippen LogP contribution in [0.25, 0.3) is 0 Å². The fourth-order valence-corrected chi connectivity index (χ4v) is 2.51. The average molecular weight is 175 g/mol. The number of hydrogen-bond acceptors (Lipinski definition) is 3. The summed E-state index contributed by atoms with van der Waals surface area (Å²) in [6.07, 6.45) is 0. The van der Waals surface area contributed by atoms with Crippen molar-refractivity contribution >= 4 is 9.12 Å². The summed E-state index contributed by atoms with van der Waals surface area (Å²) in [5.41, 5.74) is 0. The lowest BCUT2D eigenvalue weighted by molar-refractivity contribution is 0.371. The zero-order chi connectivity index (χ0) is 8.69. The van der Waals surface area contributed by atoms with Crippen LogP contribution in [0.2, 0.25) is 6.04 Å². The van der Waals surface area contributed by atoms with E-state index >= 15 is 0 Å². The Morgan fingerprint density at radius 2 is 1.82 bits per heavy atom. The van der Waals surface area contributed by atoms with Gasteiger partial charge in [0.05, 0.1) is 0 Å². The maximum Gasteiger partial charge on any atom is 0.185 e. The SMILES string of the molecule is CCN(C)CC[SiH](NC)NC. The standard InChI is InChI=1S/C7H21N3Si/c1-5-10(4)6-7-11(8-2)9-3/h8-9,11H,5-7H2,1-4H3. The minimum Gasteiger partial charge on any atom is -0.331 e. The molecule has 4 heteroatoms. The van der Waals surface area contributed by atoms with E-state index in [1.807, 2.05) is 14.1 Å². The van der Waals surface area contributed by atoms with Gasteiger partial charge < -0.3 is 14.9 Å². The van der Waals surface area contributed by atoms with E-state index in [1.165, 1.54) is 12.6 Å². The molecule has 0 amide bonds. The van der Waals surface area contributed by atoms with Gasteiger partial charge in [-0.25, -0.2) is 0 Å². The van der Waals surface area contributed by atoms with Gasteiger partial charge in [0.15, 0.2) is 9.12 Å². The highest BCUT2D eigenvalue weighted by molar-refractivity contribution is 6.53. The summed E-state index contributed by atoms with van der Waals surface area (Å²) in [4.78, 5) is 9.01. The first-order valence-corrected chi connectivity index (χ1v) is 6.24. The predicted octanol–water partition coefficient (Wildman–Crippen LogP) is -0.403. The van der Waals surface area contributed by atoms with Gasteiger partial charge in [-0.1, -0.05) is 6.92 Å². The molecular formula is C7H21N3Si. The smallest absolute Gasteiger partial charge is 0.185 e. The van der Waals surface area contributed by atoms with Crippen LogP contribution in [0, 0.1) is 0 Å². The first-order chi connectivity index (χ1) is 5.24. The summed E-state index contributed by atoms with van der Waals surface area (Å²) < 4.78 is 0. The van der Waals surface area contributed by atoms with Crippen LogP contribution in [0.3, 0.4) is 0 Å². The van der Waals surface area contributed by atoms with Gasteiger partial charge in [0, 0.05) is 0 Å². The predicted molar refractivity (Wildman–Crippen MR) is 53.2 cm³/mol. The van der Waals surface area contributed by atoms with Crippen molar-refractivity contribution in [3.8, 4) is 0 Å². The molecule has 11 heavy (non-hydrogen) atoms. The monoisotopic (exact) mass is 175 g/mol. The Hall–Kier alpha value is 0.0969. The van der Waals surface area contributed by atoms with E-state index in [0.717, 1.165) is 6.54 Å². The molecule has 68 valence electrons. The second-order valence-electron chi connectivity index (χ2n) is 2.81. The molecule has 0 aromatic carbocycles. The Kier molecular flexibility index (Phi) is 6.85. The van der Waals surface area contributed by atoms with Crippen molar-refractivity contribution in [2.45, 2.75) is 13.0 Å². The van der Waals surface area contributed by atoms with Crippen LogP contribution < -0.4 is 9.96 Å². The summed E-state index contributed by atoms with van der Waals surface area (Å²) in [5.74, 6) is 0. The van der Waals surface area contributed by atoms with Gasteiger partial charge in [0.25, 0.3) is 0 Å². The van der Waals surface area contributed by atoms with Crippen molar-refractivity contribution in [3.63, 3.8) is 0 Å². The Labute approximate surface area is 71.9 Å². The topological polar surface area (TPSA) is 27.3 Å². The Balaban J connectivity index is 3.34. The van der Waals surface area contributed by atoms with Crippen LogP contribution in [0.1, 0.15) is 6.92 Å². The van der Waals surface area contributed by atoms with Crippen molar-refractivity contribution in [1.29, 1.82) is 0 Å². The third kappa shape index (κ3) is 5.38. The summed E-state index contributed by atoms with van der Waals surface area (Å²) in [6.45, 7) is 4.54. The molecule has 0 aliphatic rings. The molecule has 0 fully saturated rings. The Bertz CT molecular complexity index is 85.8. The molecule has 0 aromatic heterocycles. The molecule has 0 atom stereocenters. The molecule has 0 saturated carbocycles. The lowest BCUT2D eigenvalue weighted by Gasteiger charge is -2.17. The molecule has 0 heterocycles. The van der Waals surface area contributed by atoms with E-state index in [9.17, 15) is 0 Å². The third-order valence-electron chi connectivity index (χ3n) is 2.04. The van der Waals surface area contributed by atoms with Gasteiger partial charge in [-0.15, -0.1) is 0 Å². The maximum atomic E-state index is 3.33. The molecule has 0 saturated heterocycles. The Morgan fingerprint density at radius 3 is 2.18 bits per heavy atom. The largest absolute Gasteiger partial charge is 0.331 e. The molecule has 0 aromatic rings. The summed E-state index contributed by atoms with van der Waals surface area (Å²) in [7, 11) is 5.44. The van der Waals surface area contributed by atoms with Crippen LogP contribution in [-0.2, 0) is 0 Å². The Morgan fingerprint density at radius 1 is 1.27 bits per heavy atom. The summed E-state index contributed by atoms with van der Waals surface area (Å²) >= 11 is 0. The van der Waals surface area contributed by atoms with Crippen LogP contribution in [0.15, 0.2) is 0 Å². The summed E-state index contributed by atoms with van der Waals surface area (Å²) in [6, 6.07) is 1.29. The first kappa shape index (κ1) is 11.1. The average Bonchev–Trinajstić information content (AvgIpc) is 2.06. The molecule has 0 aliphatic heterocycles. The van der Waals surface area contributed by atoms with Crippen molar-refractivity contribution in [2.24, 2.45) is 0 Å². The van der Waals surface area contributed by atoms with Crippen molar-refractivity contribution in [2.75, 3.05) is 34.2 Å². The van der Waals surface area contributed by atoms with E-state index in [0.29, 0.717) is 0 Å². The van der Waals surface area contributed by atoms with Crippen molar-refractivity contribution in [3.05, 3.63) is 0 Å². The van der Waals surface area contributed by atoms with Gasteiger partial charge >= 0.3 is 0 Å². The third-order valence-corrected chi connectivity index (χ3v) is 4.27. The maximum absolute atomic E-state index is 3.33. The van der Waals surface area contributed by atoms with E-state index in [1.54, 1.807) is 0 Å². The van der Waals surface area contributed by atoms with E-state index in [-0.39, 0.29) is 0 Å². The summed E-state index contributed by atoms with van der Waals surface area (Å²) in [5, 5.41) is 0. The van der Waals surface area contributed by atoms with E-state index in [2.05, 4.69) is 28.8 Å². The highest BCUT2D eigenvalue weighted by atomic mass is 28.3. The fraction of sp³-hybridized carbons (Fsp3) is 1.00. The van der Waals surface area contributed by atoms with Crippen LogP contribution in [0.5, 0.6) is 0 Å². The minimum atomic E-state index is -0.804. The van der Waals surface area contributed by atoms with Crippen LogP contribution >= 0.6 is 0 Å². The van der Waals surface area contributed by atoms with Gasteiger partial charge in [0.2, 0.25) is 0 Å². The zero-order valence-electron chi connectivity index (χ0n) is 8.15. The molecular weight excluding hydrogens is 154 g/mol. The van der Waals surface area contributed by atoms with E-state index in [4.69, 9.17) is 0 Å². The van der Waals surface area contributed by atoms with E-state index < -0.39 is 9.12 Å². The molecule has 3 nitrogen and oxygen atoms in total. The lowest BCUT2D eigenvalue weighted by Crippen LogP contribution is -2.45. The second kappa shape index (κ2) is 6.79. The normalized spacial score (nSPS) is 11.5. The number of rotatable bonds is 6. The number of nitrogens with one attached hydrogen (secondary N) is 2. The lowest BCUT2D eigenvalue weighted by atomic mass is 10.6. The molecule has 0 bridgehead atoms. The first-order valence-electron chi connectivity index (χ1n) is 4.27. The quantitative estimate of drug-likeness (QED) is 0.538. The molecule has 0 aliphatic carbocycles. The zero-order valence-corrected chi connectivity index (χ0v) is 9.30. The fourth-order valence-electron chi connectivity index (χ4n) is 0.941. The molecule has 0 spiro atoms. The van der Waals surface area contributed by atoms with Crippen molar-refractivity contribution < 1.29 is 0 Å². The second-order valence-corrected chi connectivity index (χ2v) is 5.65. The molecule has 2 N–H and O–H groups in total. The van der Waals surface area contributed by atoms with Gasteiger partial charge in [-0.2, -0.15) is 0 Å². The highest BCUT2D eigenvalue weighted by Crippen LogP contribution is 1.88. The van der Waals surface area contributed by atoms with Crippen LogP contribution in [0.4, 0.5) is 0 Å². The van der Waals surface area contributed by atoms with Crippen molar-refractivity contribution in [1.82, 2.24) is 14.9 Å². The molecule has 0 unspecified atom stereocenters. The molecule has 0 radical (unpaired) electrons. The molecule has 0 rings (SSSR count). The van der Waals surface area contributed by atoms with Gasteiger partial charge in [-0.3, -0.25) is 0 Å². The highest BCUT2D eigenvalue weighted by Gasteiger charge is 2.05. The number of hydrogen-bond donors (Lipinski definition) is 2. The van der Waals surface area contributed by atoms with Crippen LogP contribution in [-0.4, -0.2) is 48.3 Å². The van der Waals surface area contributed by atoms with Gasteiger partial charge in [0.1, 0.15) is 0 Å².